The van der Waals surface area contributed by atoms with Crippen LogP contribution < -0.4 is 5.32 Å². The van der Waals surface area contributed by atoms with E-state index >= 15 is 0 Å². The van der Waals surface area contributed by atoms with Crippen LogP contribution in [0.1, 0.15) is 17.7 Å². The summed E-state index contributed by atoms with van der Waals surface area (Å²) in [5.74, 6) is -1.29. The number of ether oxygens (including phenoxy) is 1. The van der Waals surface area contributed by atoms with Gasteiger partial charge in [-0.1, -0.05) is 12.1 Å². The lowest BCUT2D eigenvalue weighted by Crippen LogP contribution is -2.16. The number of hydrogen-bond donors (Lipinski definition) is 1. The lowest BCUT2D eigenvalue weighted by molar-refractivity contribution is -0.140. The summed E-state index contributed by atoms with van der Waals surface area (Å²) in [5, 5.41) is 0.984. The summed E-state index contributed by atoms with van der Waals surface area (Å²) >= 11 is -0.454. The lowest BCUT2D eigenvalue weighted by Gasteiger charge is -2.16. The second-order valence-corrected chi connectivity index (χ2v) is 4.94. The Bertz CT molecular complexity index is 488. The van der Waals surface area contributed by atoms with Crippen molar-refractivity contribution in [3.63, 3.8) is 0 Å². The van der Waals surface area contributed by atoms with Gasteiger partial charge in [-0.3, -0.25) is 9.59 Å². The van der Waals surface area contributed by atoms with E-state index in [1.165, 1.54) is 31.2 Å². The SMILES string of the molecule is COC(=O)[C@@H](SC(F)(F)F)c1ccc(NC(C)=O)cc1. The second-order valence-electron chi connectivity index (χ2n) is 3.77. The van der Waals surface area contributed by atoms with Gasteiger partial charge in [-0.15, -0.1) is 0 Å². The van der Waals surface area contributed by atoms with Crippen molar-refractivity contribution in [3.8, 4) is 0 Å². The molecule has 0 aliphatic heterocycles. The van der Waals surface area contributed by atoms with Crippen LogP contribution in [-0.4, -0.2) is 24.5 Å². The van der Waals surface area contributed by atoms with Crippen molar-refractivity contribution in [1.82, 2.24) is 0 Å². The van der Waals surface area contributed by atoms with Gasteiger partial charge in [0.1, 0.15) is 5.25 Å². The van der Waals surface area contributed by atoms with Crippen molar-refractivity contribution in [2.75, 3.05) is 12.4 Å². The Labute approximate surface area is 117 Å². The van der Waals surface area contributed by atoms with Gasteiger partial charge < -0.3 is 10.1 Å². The van der Waals surface area contributed by atoms with E-state index in [1.807, 2.05) is 0 Å². The Morgan fingerprint density at radius 3 is 2.20 bits per heavy atom. The normalized spacial score (nSPS) is 12.7. The van der Waals surface area contributed by atoms with Gasteiger partial charge in [-0.25, -0.2) is 0 Å². The second kappa shape index (κ2) is 6.65. The molecular weight excluding hydrogens is 295 g/mol. The number of methoxy groups -OCH3 is 1. The van der Waals surface area contributed by atoms with Crippen molar-refractivity contribution >= 4 is 29.3 Å². The Kier molecular flexibility index (Phi) is 5.43. The fourth-order valence-electron chi connectivity index (χ4n) is 1.44. The molecule has 0 unspecified atom stereocenters. The molecule has 0 saturated carbocycles. The first kappa shape index (κ1) is 16.4. The predicted octanol–water partition coefficient (Wildman–Crippen LogP) is 3.11. The number of amides is 1. The van der Waals surface area contributed by atoms with Gasteiger partial charge in [-0.05, 0) is 29.5 Å². The molecule has 0 radical (unpaired) electrons. The average molecular weight is 307 g/mol. The van der Waals surface area contributed by atoms with Crippen LogP contribution in [0.4, 0.5) is 18.9 Å². The molecule has 110 valence electrons. The number of nitrogens with one attached hydrogen (secondary N) is 1. The zero-order chi connectivity index (χ0) is 15.3. The van der Waals surface area contributed by atoms with Crippen molar-refractivity contribution in [1.29, 1.82) is 0 Å². The standard InChI is InChI=1S/C12H12F3NO3S/c1-7(17)16-9-5-3-8(4-6-9)10(11(18)19-2)20-12(13,14)15/h3-6,10H,1-2H3,(H,16,17)/t10-/m0/s1. The number of alkyl halides is 3. The number of hydrogen-bond acceptors (Lipinski definition) is 4. The van der Waals surface area contributed by atoms with Crippen molar-refractivity contribution in [3.05, 3.63) is 29.8 Å². The van der Waals surface area contributed by atoms with E-state index in [0.717, 1.165) is 7.11 Å². The van der Waals surface area contributed by atoms with E-state index in [4.69, 9.17) is 0 Å². The van der Waals surface area contributed by atoms with E-state index in [0.29, 0.717) is 5.69 Å². The van der Waals surface area contributed by atoms with Crippen molar-refractivity contribution in [2.24, 2.45) is 0 Å². The molecule has 1 aromatic rings. The molecule has 8 heteroatoms. The van der Waals surface area contributed by atoms with Gasteiger partial charge in [0.15, 0.2) is 0 Å². The number of anilines is 1. The molecule has 0 heterocycles. The molecule has 0 bridgehead atoms. The topological polar surface area (TPSA) is 55.4 Å². The van der Waals surface area contributed by atoms with Crippen LogP contribution in [0.3, 0.4) is 0 Å². The molecule has 0 fully saturated rings. The van der Waals surface area contributed by atoms with Gasteiger partial charge in [0.2, 0.25) is 5.91 Å². The number of halogens is 3. The molecule has 1 N–H and O–H groups in total. The lowest BCUT2D eigenvalue weighted by atomic mass is 10.1. The van der Waals surface area contributed by atoms with Crippen LogP contribution in [0.5, 0.6) is 0 Å². The maximum absolute atomic E-state index is 12.4. The maximum Gasteiger partial charge on any atom is 0.442 e. The Morgan fingerprint density at radius 1 is 1.25 bits per heavy atom. The first-order chi connectivity index (χ1) is 9.23. The Balaban J connectivity index is 2.96. The molecule has 20 heavy (non-hydrogen) atoms. The van der Waals surface area contributed by atoms with E-state index in [1.54, 1.807) is 0 Å². The van der Waals surface area contributed by atoms with Gasteiger partial charge in [-0.2, -0.15) is 13.2 Å². The van der Waals surface area contributed by atoms with E-state index in [-0.39, 0.29) is 11.5 Å². The molecule has 0 spiro atoms. The van der Waals surface area contributed by atoms with Gasteiger partial charge >= 0.3 is 11.5 Å². The van der Waals surface area contributed by atoms with Crippen LogP contribution in [0.15, 0.2) is 24.3 Å². The average Bonchev–Trinajstić information content (AvgIpc) is 2.34. The van der Waals surface area contributed by atoms with Crippen molar-refractivity contribution < 1.29 is 27.5 Å². The molecule has 0 aliphatic carbocycles. The molecule has 1 amide bonds. The largest absolute Gasteiger partial charge is 0.468 e. The van der Waals surface area contributed by atoms with E-state index in [9.17, 15) is 22.8 Å². The zero-order valence-electron chi connectivity index (χ0n) is 10.7. The summed E-state index contributed by atoms with van der Waals surface area (Å²) in [6.45, 7) is 1.31. The van der Waals surface area contributed by atoms with Gasteiger partial charge in [0.05, 0.1) is 7.11 Å². The minimum Gasteiger partial charge on any atom is -0.468 e. The van der Waals surface area contributed by atoms with Gasteiger partial charge in [0.25, 0.3) is 0 Å². The summed E-state index contributed by atoms with van der Waals surface area (Å²) < 4.78 is 41.7. The minimum absolute atomic E-state index is 0.147. The van der Waals surface area contributed by atoms with Crippen LogP contribution in [0, 0.1) is 0 Å². The number of esters is 1. The number of carbonyl (C=O) groups excluding carboxylic acids is 2. The van der Waals surface area contributed by atoms with E-state index in [2.05, 4.69) is 10.1 Å². The summed E-state index contributed by atoms with van der Waals surface area (Å²) in [5.41, 5.74) is -3.98. The summed E-state index contributed by atoms with van der Waals surface area (Å²) in [6.07, 6.45) is 0. The summed E-state index contributed by atoms with van der Waals surface area (Å²) in [6, 6.07) is 5.52. The Hall–Kier alpha value is -1.70. The third-order valence-electron chi connectivity index (χ3n) is 2.20. The Morgan fingerprint density at radius 2 is 1.80 bits per heavy atom. The molecule has 0 saturated heterocycles. The number of thioether (sulfide) groups is 1. The number of rotatable bonds is 4. The molecule has 1 atom stereocenters. The fraction of sp³-hybridized carbons (Fsp3) is 0.333. The molecule has 0 aliphatic rings. The summed E-state index contributed by atoms with van der Waals surface area (Å²) in [7, 11) is 1.03. The van der Waals surface area contributed by atoms with Crippen LogP contribution in [0.25, 0.3) is 0 Å². The first-order valence-corrected chi connectivity index (χ1v) is 6.31. The molecular formula is C12H12F3NO3S. The molecule has 4 nitrogen and oxygen atoms in total. The molecule has 1 aromatic carbocycles. The molecule has 1 rings (SSSR count). The molecule has 0 aromatic heterocycles. The van der Waals surface area contributed by atoms with Crippen LogP contribution >= 0.6 is 11.8 Å². The highest BCUT2D eigenvalue weighted by atomic mass is 32.2. The van der Waals surface area contributed by atoms with Gasteiger partial charge in [0, 0.05) is 12.6 Å². The highest BCUT2D eigenvalue weighted by Gasteiger charge is 2.37. The number of carbonyl (C=O) groups is 2. The van der Waals surface area contributed by atoms with E-state index < -0.39 is 28.5 Å². The third kappa shape index (κ3) is 5.12. The smallest absolute Gasteiger partial charge is 0.442 e. The first-order valence-electron chi connectivity index (χ1n) is 5.43. The highest BCUT2D eigenvalue weighted by molar-refractivity contribution is 8.01. The fourth-order valence-corrected chi connectivity index (χ4v) is 2.19. The predicted molar refractivity (Wildman–Crippen MR) is 69.1 cm³/mol. The highest BCUT2D eigenvalue weighted by Crippen LogP contribution is 2.42. The monoisotopic (exact) mass is 307 g/mol. The summed E-state index contributed by atoms with van der Waals surface area (Å²) in [4.78, 5) is 22.3. The van der Waals surface area contributed by atoms with Crippen molar-refractivity contribution in [2.45, 2.75) is 17.7 Å². The third-order valence-corrected chi connectivity index (χ3v) is 3.17. The maximum atomic E-state index is 12.4. The number of benzene rings is 1. The minimum atomic E-state index is -4.56. The van der Waals surface area contributed by atoms with Crippen LogP contribution in [0.2, 0.25) is 0 Å². The quantitative estimate of drug-likeness (QED) is 0.868. The van der Waals surface area contributed by atoms with Crippen LogP contribution in [-0.2, 0) is 14.3 Å². The zero-order valence-corrected chi connectivity index (χ0v) is 11.5.